The molecule has 4 nitrogen and oxygen atoms in total. The van der Waals surface area contributed by atoms with E-state index in [1.165, 1.54) is 0 Å². The van der Waals surface area contributed by atoms with Crippen LogP contribution in [0.2, 0.25) is 0 Å². The van der Waals surface area contributed by atoms with E-state index in [9.17, 15) is 4.79 Å². The van der Waals surface area contributed by atoms with Crippen LogP contribution in [0.5, 0.6) is 0 Å². The summed E-state index contributed by atoms with van der Waals surface area (Å²) in [6, 6.07) is -0.165. The fraction of sp³-hybridized carbons (Fsp3) is 0.833. The van der Waals surface area contributed by atoms with E-state index in [2.05, 4.69) is 32.7 Å². The van der Waals surface area contributed by atoms with Gasteiger partial charge in [-0.15, -0.1) is 0 Å². The molecule has 0 radical (unpaired) electrons. The van der Waals surface area contributed by atoms with Gasteiger partial charge in [0.2, 0.25) is 0 Å². The van der Waals surface area contributed by atoms with Gasteiger partial charge in [0.05, 0.1) is 0 Å². The molecule has 2 amide bonds. The Bertz CT molecular complexity index is 299. The highest BCUT2D eigenvalue weighted by Gasteiger charge is 2.46. The van der Waals surface area contributed by atoms with Crippen molar-refractivity contribution in [1.82, 2.24) is 4.90 Å². The van der Waals surface area contributed by atoms with Gasteiger partial charge in [0.1, 0.15) is 11.4 Å². The molecular weight excluding hydrogens is 202 g/mol. The predicted octanol–water partition coefficient (Wildman–Crippen LogP) is 2.38. The van der Waals surface area contributed by atoms with Crippen molar-refractivity contribution in [2.45, 2.75) is 52.5 Å². The van der Waals surface area contributed by atoms with Crippen molar-refractivity contribution >= 4 is 11.9 Å². The van der Waals surface area contributed by atoms with Gasteiger partial charge in [0.15, 0.2) is 0 Å². The van der Waals surface area contributed by atoms with Crippen LogP contribution >= 0.6 is 0 Å². The normalized spacial score (nSPS) is 25.4. The largest absolute Gasteiger partial charge is 0.385 e. The van der Waals surface area contributed by atoms with Crippen molar-refractivity contribution in [3.8, 4) is 0 Å². The van der Waals surface area contributed by atoms with E-state index < -0.39 is 0 Å². The van der Waals surface area contributed by atoms with Gasteiger partial charge in [-0.1, -0.05) is 34.1 Å². The van der Waals surface area contributed by atoms with Crippen LogP contribution in [0.4, 0.5) is 4.79 Å². The summed E-state index contributed by atoms with van der Waals surface area (Å²) in [5.41, 5.74) is 5.63. The maximum absolute atomic E-state index is 11.8. The fourth-order valence-electron chi connectivity index (χ4n) is 2.43. The Kier molecular flexibility index (Phi) is 3.94. The summed E-state index contributed by atoms with van der Waals surface area (Å²) in [7, 11) is 0. The molecule has 0 bridgehead atoms. The van der Waals surface area contributed by atoms with Gasteiger partial charge in [-0.25, -0.2) is 4.79 Å². The van der Waals surface area contributed by atoms with Crippen LogP contribution < -0.4 is 5.73 Å². The second kappa shape index (κ2) is 4.85. The van der Waals surface area contributed by atoms with E-state index in [0.29, 0.717) is 11.8 Å². The molecule has 0 aromatic rings. The lowest BCUT2D eigenvalue weighted by molar-refractivity contribution is 0.150. The van der Waals surface area contributed by atoms with Crippen molar-refractivity contribution in [3.63, 3.8) is 0 Å². The lowest BCUT2D eigenvalue weighted by Crippen LogP contribution is -2.54. The molecule has 0 aromatic heterocycles. The number of urea groups is 1. The second-order valence-corrected chi connectivity index (χ2v) is 4.92. The molecule has 92 valence electrons. The zero-order valence-corrected chi connectivity index (χ0v) is 10.8. The van der Waals surface area contributed by atoms with Gasteiger partial charge in [-0.3, -0.25) is 0 Å². The summed E-state index contributed by atoms with van der Waals surface area (Å²) >= 11 is 0. The van der Waals surface area contributed by atoms with Crippen LogP contribution in [0.3, 0.4) is 0 Å². The molecule has 1 aliphatic heterocycles. The standard InChI is InChI=1S/C12H23N3O/c1-5-7-12(6-2)10(13)14-11(16)15(12)8-9(3)4/h9H,5-8H2,1-4H3,(H2,13,14,16). The summed E-state index contributed by atoms with van der Waals surface area (Å²) in [5, 5.41) is 0. The van der Waals surface area contributed by atoms with Crippen LogP contribution in [0.1, 0.15) is 47.0 Å². The number of nitrogens with two attached hydrogens (primary N) is 1. The Morgan fingerprint density at radius 1 is 1.44 bits per heavy atom. The van der Waals surface area contributed by atoms with Gasteiger partial charge in [-0.05, 0) is 18.8 Å². The number of hydrogen-bond donors (Lipinski definition) is 1. The Labute approximate surface area is 97.9 Å². The first-order valence-electron chi connectivity index (χ1n) is 6.14. The summed E-state index contributed by atoms with van der Waals surface area (Å²) in [6.07, 6.45) is 2.75. The van der Waals surface area contributed by atoms with Gasteiger partial charge < -0.3 is 10.6 Å². The third-order valence-electron chi connectivity index (χ3n) is 3.24. The maximum atomic E-state index is 11.8. The molecule has 1 atom stereocenters. The third kappa shape index (κ3) is 2.06. The second-order valence-electron chi connectivity index (χ2n) is 4.92. The number of rotatable bonds is 5. The fourth-order valence-corrected chi connectivity index (χ4v) is 2.43. The minimum atomic E-state index is -0.323. The average molecular weight is 225 g/mol. The number of aliphatic imine (C=N–C) groups is 1. The number of amidine groups is 1. The molecule has 0 spiro atoms. The number of carbonyl (C=O) groups is 1. The van der Waals surface area contributed by atoms with Gasteiger partial charge in [-0.2, -0.15) is 4.99 Å². The topological polar surface area (TPSA) is 58.7 Å². The van der Waals surface area contributed by atoms with E-state index in [0.717, 1.165) is 25.8 Å². The molecule has 2 N–H and O–H groups in total. The van der Waals surface area contributed by atoms with Gasteiger partial charge in [0, 0.05) is 6.54 Å². The SMILES string of the molecule is CCCC1(CC)C(N)=NC(=O)N1CC(C)C. The molecule has 1 rings (SSSR count). The summed E-state index contributed by atoms with van der Waals surface area (Å²) in [5.74, 6) is 0.940. The van der Waals surface area contributed by atoms with Crippen molar-refractivity contribution < 1.29 is 4.79 Å². The number of hydrogen-bond acceptors (Lipinski definition) is 2. The zero-order chi connectivity index (χ0) is 12.3. The average Bonchev–Trinajstić information content (AvgIpc) is 2.42. The quantitative estimate of drug-likeness (QED) is 0.781. The van der Waals surface area contributed by atoms with Crippen molar-refractivity contribution in [2.75, 3.05) is 6.54 Å². The Hall–Kier alpha value is -1.06. The monoisotopic (exact) mass is 225 g/mol. The summed E-state index contributed by atoms with van der Waals surface area (Å²) < 4.78 is 0. The first-order chi connectivity index (χ1) is 7.47. The lowest BCUT2D eigenvalue weighted by atomic mass is 9.88. The van der Waals surface area contributed by atoms with E-state index in [1.54, 1.807) is 0 Å². The molecule has 1 aliphatic rings. The molecule has 1 heterocycles. The molecule has 0 aliphatic carbocycles. The molecule has 4 heteroatoms. The predicted molar refractivity (Wildman–Crippen MR) is 66.5 cm³/mol. The van der Waals surface area contributed by atoms with Crippen molar-refractivity contribution in [3.05, 3.63) is 0 Å². The first kappa shape index (κ1) is 13.0. The van der Waals surface area contributed by atoms with Crippen LogP contribution in [0.25, 0.3) is 0 Å². The molecule has 0 saturated carbocycles. The number of carbonyl (C=O) groups excluding carboxylic acids is 1. The van der Waals surface area contributed by atoms with E-state index in [4.69, 9.17) is 5.73 Å². The Morgan fingerprint density at radius 2 is 2.06 bits per heavy atom. The highest BCUT2D eigenvalue weighted by atomic mass is 16.2. The Balaban J connectivity index is 2.99. The van der Waals surface area contributed by atoms with Crippen molar-refractivity contribution in [2.24, 2.45) is 16.6 Å². The summed E-state index contributed by atoms with van der Waals surface area (Å²) in [6.45, 7) is 9.13. The minimum absolute atomic E-state index is 0.165. The Morgan fingerprint density at radius 3 is 2.50 bits per heavy atom. The van der Waals surface area contributed by atoms with E-state index in [1.807, 2.05) is 4.90 Å². The van der Waals surface area contributed by atoms with Gasteiger partial charge >= 0.3 is 6.03 Å². The highest BCUT2D eigenvalue weighted by molar-refractivity contribution is 6.05. The molecule has 1 unspecified atom stereocenters. The van der Waals surface area contributed by atoms with Crippen LogP contribution in [-0.2, 0) is 0 Å². The van der Waals surface area contributed by atoms with E-state index >= 15 is 0 Å². The van der Waals surface area contributed by atoms with Gasteiger partial charge in [0.25, 0.3) is 0 Å². The van der Waals surface area contributed by atoms with Crippen LogP contribution in [0.15, 0.2) is 4.99 Å². The third-order valence-corrected chi connectivity index (χ3v) is 3.24. The smallest absolute Gasteiger partial charge is 0.346 e. The maximum Gasteiger partial charge on any atom is 0.346 e. The lowest BCUT2D eigenvalue weighted by Gasteiger charge is -2.38. The van der Waals surface area contributed by atoms with E-state index in [-0.39, 0.29) is 11.6 Å². The molecule has 0 fully saturated rings. The summed E-state index contributed by atoms with van der Waals surface area (Å²) in [4.78, 5) is 17.6. The molecular formula is C12H23N3O. The molecule has 0 aromatic carbocycles. The zero-order valence-electron chi connectivity index (χ0n) is 10.8. The molecule has 16 heavy (non-hydrogen) atoms. The van der Waals surface area contributed by atoms with Crippen molar-refractivity contribution in [1.29, 1.82) is 0 Å². The number of nitrogens with zero attached hydrogens (tertiary/aromatic N) is 2. The molecule has 0 saturated heterocycles. The first-order valence-corrected chi connectivity index (χ1v) is 6.14. The number of amides is 2. The highest BCUT2D eigenvalue weighted by Crippen LogP contribution is 2.32. The van der Waals surface area contributed by atoms with Crippen LogP contribution in [0, 0.1) is 5.92 Å². The van der Waals surface area contributed by atoms with Crippen LogP contribution in [-0.4, -0.2) is 28.9 Å². The minimum Gasteiger partial charge on any atom is -0.385 e.